The Morgan fingerprint density at radius 1 is 1.20 bits per heavy atom. The summed E-state index contributed by atoms with van der Waals surface area (Å²) >= 11 is 14.6. The average Bonchev–Trinajstić information content (AvgIpc) is 2.93. The molecule has 0 amide bonds. The molecule has 0 radical (unpaired) electrons. The highest BCUT2D eigenvalue weighted by molar-refractivity contribution is 7.98. The van der Waals surface area contributed by atoms with E-state index in [9.17, 15) is 0 Å². The minimum Gasteiger partial charge on any atom is -0.493 e. The molecule has 2 aromatic carbocycles. The maximum Gasteiger partial charge on any atom is 0.127 e. The molecule has 1 atom stereocenters. The minimum atomic E-state index is -0.246. The first-order valence-electron chi connectivity index (χ1n) is 6.43. The summed E-state index contributed by atoms with van der Waals surface area (Å²) in [7, 11) is 0. The van der Waals surface area contributed by atoms with Gasteiger partial charge in [0, 0.05) is 21.9 Å². The lowest BCUT2D eigenvalue weighted by Crippen LogP contribution is -1.99. The van der Waals surface area contributed by atoms with Crippen LogP contribution in [0.3, 0.4) is 0 Å². The standard InChI is InChI=1S/C16H14Cl2OS/c1-20-14-5-3-2-4-12(14)15(18)13-9-11(17)8-10-6-7-19-16(10)13/h2-5,8-9,15H,6-7H2,1H3. The van der Waals surface area contributed by atoms with Crippen molar-refractivity contribution in [2.45, 2.75) is 16.7 Å². The Balaban J connectivity index is 2.09. The molecule has 0 bridgehead atoms. The van der Waals surface area contributed by atoms with Crippen LogP contribution in [0, 0.1) is 0 Å². The zero-order valence-corrected chi connectivity index (χ0v) is 13.4. The molecule has 1 aliphatic rings. The van der Waals surface area contributed by atoms with Crippen LogP contribution in [-0.4, -0.2) is 12.9 Å². The second kappa shape index (κ2) is 5.88. The summed E-state index contributed by atoms with van der Waals surface area (Å²) < 4.78 is 5.75. The zero-order valence-electron chi connectivity index (χ0n) is 11.0. The number of halogens is 2. The fraction of sp³-hybridized carbons (Fsp3) is 0.250. The lowest BCUT2D eigenvalue weighted by atomic mass is 10.0. The van der Waals surface area contributed by atoms with Crippen LogP contribution in [0.25, 0.3) is 0 Å². The fourth-order valence-electron chi connectivity index (χ4n) is 2.53. The van der Waals surface area contributed by atoms with Crippen LogP contribution >= 0.6 is 35.0 Å². The van der Waals surface area contributed by atoms with Crippen LogP contribution in [0.1, 0.15) is 22.1 Å². The number of ether oxygens (including phenoxy) is 1. The molecule has 0 aliphatic carbocycles. The van der Waals surface area contributed by atoms with Gasteiger partial charge in [-0.15, -0.1) is 23.4 Å². The minimum absolute atomic E-state index is 0.246. The van der Waals surface area contributed by atoms with E-state index in [1.807, 2.05) is 24.3 Å². The van der Waals surface area contributed by atoms with Crippen LogP contribution in [0.5, 0.6) is 5.75 Å². The van der Waals surface area contributed by atoms with Crippen molar-refractivity contribution in [2.75, 3.05) is 12.9 Å². The monoisotopic (exact) mass is 324 g/mol. The third-order valence-electron chi connectivity index (χ3n) is 3.46. The van der Waals surface area contributed by atoms with Gasteiger partial charge in [-0.05, 0) is 35.6 Å². The normalized spacial score (nSPS) is 14.8. The van der Waals surface area contributed by atoms with E-state index in [0.29, 0.717) is 6.61 Å². The van der Waals surface area contributed by atoms with E-state index in [-0.39, 0.29) is 5.38 Å². The summed E-state index contributed by atoms with van der Waals surface area (Å²) in [6.45, 7) is 0.705. The highest BCUT2D eigenvalue weighted by atomic mass is 35.5. The molecule has 0 N–H and O–H groups in total. The van der Waals surface area contributed by atoms with E-state index in [4.69, 9.17) is 27.9 Å². The molecular formula is C16H14Cl2OS. The van der Waals surface area contributed by atoms with Crippen molar-refractivity contribution in [3.8, 4) is 5.75 Å². The Labute approximate surface area is 133 Å². The molecule has 3 rings (SSSR count). The summed E-state index contributed by atoms with van der Waals surface area (Å²) in [5, 5.41) is 0.473. The molecule has 20 heavy (non-hydrogen) atoms. The summed E-state index contributed by atoms with van der Waals surface area (Å²) in [5.74, 6) is 0.908. The molecule has 0 saturated carbocycles. The lowest BCUT2D eigenvalue weighted by Gasteiger charge is -2.17. The Morgan fingerprint density at radius 3 is 2.80 bits per heavy atom. The van der Waals surface area contributed by atoms with Crippen LogP contribution in [0.15, 0.2) is 41.3 Å². The van der Waals surface area contributed by atoms with Gasteiger partial charge in [-0.2, -0.15) is 0 Å². The molecule has 1 unspecified atom stereocenters. The lowest BCUT2D eigenvalue weighted by molar-refractivity contribution is 0.353. The van der Waals surface area contributed by atoms with Gasteiger partial charge in [-0.3, -0.25) is 0 Å². The first kappa shape index (κ1) is 14.1. The smallest absolute Gasteiger partial charge is 0.127 e. The SMILES string of the molecule is CSc1ccccc1C(Cl)c1cc(Cl)cc2c1OCC2. The molecular weight excluding hydrogens is 311 g/mol. The van der Waals surface area contributed by atoms with Gasteiger partial charge < -0.3 is 4.74 Å². The van der Waals surface area contributed by atoms with E-state index < -0.39 is 0 Å². The number of alkyl halides is 1. The average molecular weight is 325 g/mol. The van der Waals surface area contributed by atoms with Gasteiger partial charge in [0.1, 0.15) is 5.75 Å². The van der Waals surface area contributed by atoms with Crippen molar-refractivity contribution < 1.29 is 4.74 Å². The topological polar surface area (TPSA) is 9.23 Å². The molecule has 0 fully saturated rings. The number of thioether (sulfide) groups is 1. The predicted octanol–water partition coefficient (Wildman–Crippen LogP) is 5.33. The van der Waals surface area contributed by atoms with Gasteiger partial charge in [0.2, 0.25) is 0 Å². The Bertz CT molecular complexity index is 642. The van der Waals surface area contributed by atoms with Crippen molar-refractivity contribution >= 4 is 35.0 Å². The second-order valence-corrected chi connectivity index (χ2v) is 6.41. The van der Waals surface area contributed by atoms with Gasteiger partial charge in [0.25, 0.3) is 0 Å². The molecule has 1 aliphatic heterocycles. The highest BCUT2D eigenvalue weighted by Gasteiger charge is 2.24. The number of fused-ring (bicyclic) bond motifs is 1. The number of hydrogen-bond donors (Lipinski definition) is 0. The van der Waals surface area contributed by atoms with Crippen molar-refractivity contribution in [3.63, 3.8) is 0 Å². The summed E-state index contributed by atoms with van der Waals surface area (Å²) in [4.78, 5) is 1.18. The van der Waals surface area contributed by atoms with E-state index in [1.165, 1.54) is 4.90 Å². The van der Waals surface area contributed by atoms with Crippen LogP contribution in [-0.2, 0) is 6.42 Å². The molecule has 2 aromatic rings. The number of hydrogen-bond acceptors (Lipinski definition) is 2. The van der Waals surface area contributed by atoms with Gasteiger partial charge in [-0.1, -0.05) is 29.8 Å². The van der Waals surface area contributed by atoms with Gasteiger partial charge in [-0.25, -0.2) is 0 Å². The van der Waals surface area contributed by atoms with E-state index in [1.54, 1.807) is 11.8 Å². The van der Waals surface area contributed by atoms with Crippen molar-refractivity contribution in [2.24, 2.45) is 0 Å². The van der Waals surface area contributed by atoms with Crippen molar-refractivity contribution in [1.82, 2.24) is 0 Å². The zero-order chi connectivity index (χ0) is 14.1. The molecule has 1 heterocycles. The molecule has 4 heteroatoms. The van der Waals surface area contributed by atoms with E-state index in [0.717, 1.165) is 33.9 Å². The second-order valence-electron chi connectivity index (χ2n) is 4.69. The Morgan fingerprint density at radius 2 is 2.00 bits per heavy atom. The van der Waals surface area contributed by atoms with E-state index in [2.05, 4.69) is 18.4 Å². The maximum atomic E-state index is 6.72. The summed E-state index contributed by atoms with van der Waals surface area (Å²) in [5.41, 5.74) is 3.22. The molecule has 0 aromatic heterocycles. The van der Waals surface area contributed by atoms with Gasteiger partial charge >= 0.3 is 0 Å². The number of benzene rings is 2. The van der Waals surface area contributed by atoms with Crippen LogP contribution in [0.4, 0.5) is 0 Å². The first-order valence-corrected chi connectivity index (χ1v) is 8.46. The Hall–Kier alpha value is -0.830. The number of rotatable bonds is 3. The largest absolute Gasteiger partial charge is 0.493 e. The molecule has 1 nitrogen and oxygen atoms in total. The summed E-state index contributed by atoms with van der Waals surface area (Å²) in [6.07, 6.45) is 2.96. The fourth-order valence-corrected chi connectivity index (χ4v) is 3.83. The highest BCUT2D eigenvalue weighted by Crippen LogP contribution is 2.43. The predicted molar refractivity (Wildman–Crippen MR) is 86.6 cm³/mol. The summed E-state index contributed by atoms with van der Waals surface area (Å²) in [6, 6.07) is 12.1. The van der Waals surface area contributed by atoms with Crippen molar-refractivity contribution in [1.29, 1.82) is 0 Å². The van der Waals surface area contributed by atoms with Gasteiger partial charge in [0.15, 0.2) is 0 Å². The first-order chi connectivity index (χ1) is 9.70. The third kappa shape index (κ3) is 2.52. The van der Waals surface area contributed by atoms with Crippen LogP contribution in [0.2, 0.25) is 5.02 Å². The molecule has 104 valence electrons. The van der Waals surface area contributed by atoms with Crippen LogP contribution < -0.4 is 4.74 Å². The molecule has 0 spiro atoms. The Kier molecular flexibility index (Phi) is 4.16. The third-order valence-corrected chi connectivity index (χ3v) is 4.96. The van der Waals surface area contributed by atoms with E-state index >= 15 is 0 Å². The molecule has 0 saturated heterocycles. The van der Waals surface area contributed by atoms with Gasteiger partial charge in [0.05, 0.1) is 12.0 Å². The maximum absolute atomic E-state index is 6.72. The quantitative estimate of drug-likeness (QED) is 0.557. The van der Waals surface area contributed by atoms with Crippen molar-refractivity contribution in [3.05, 3.63) is 58.1 Å².